The van der Waals surface area contributed by atoms with E-state index in [2.05, 4.69) is 32.3 Å². The van der Waals surface area contributed by atoms with E-state index in [1.165, 1.54) is 0 Å². The molecule has 0 aliphatic carbocycles. The second-order valence-corrected chi connectivity index (χ2v) is 7.18. The summed E-state index contributed by atoms with van der Waals surface area (Å²) in [6.45, 7) is 4.96. The third kappa shape index (κ3) is 3.83. The van der Waals surface area contributed by atoms with Crippen molar-refractivity contribution < 1.29 is 4.74 Å². The summed E-state index contributed by atoms with van der Waals surface area (Å²) in [5, 5.41) is 3.47. The zero-order valence-corrected chi connectivity index (χ0v) is 14.6. The van der Waals surface area contributed by atoms with Crippen molar-refractivity contribution in [1.82, 2.24) is 14.9 Å². The molecule has 132 valence electrons. The molecule has 2 aliphatic heterocycles. The van der Waals surface area contributed by atoms with Crippen molar-refractivity contribution in [3.63, 3.8) is 0 Å². The van der Waals surface area contributed by atoms with Gasteiger partial charge in [-0.15, -0.1) is 0 Å². The standard InChI is InChI=1S/C20H26N4O/c1-3-10-21-17(5-1)15-24-13-7-18-20(16-24,9-14-25-18)8-12-23-19-6-2-4-11-22-19/h1-6,10-11,18H,7-9,12-16H2,(H,22,23)/t18-,20+/m1/s1. The van der Waals surface area contributed by atoms with Gasteiger partial charge in [0.2, 0.25) is 0 Å². The predicted octanol–water partition coefficient (Wildman–Crippen LogP) is 2.96. The van der Waals surface area contributed by atoms with E-state index in [4.69, 9.17) is 4.74 Å². The lowest BCUT2D eigenvalue weighted by molar-refractivity contribution is -0.0231. The summed E-state index contributed by atoms with van der Waals surface area (Å²) in [6.07, 6.45) is 7.51. The first-order valence-corrected chi connectivity index (χ1v) is 9.23. The minimum atomic E-state index is 0.259. The zero-order valence-electron chi connectivity index (χ0n) is 14.6. The lowest BCUT2D eigenvalue weighted by Crippen LogP contribution is -2.50. The molecule has 0 radical (unpaired) electrons. The lowest BCUT2D eigenvalue weighted by Gasteiger charge is -2.44. The smallest absolute Gasteiger partial charge is 0.125 e. The van der Waals surface area contributed by atoms with Crippen LogP contribution in [0.4, 0.5) is 5.82 Å². The van der Waals surface area contributed by atoms with Gasteiger partial charge in [-0.2, -0.15) is 0 Å². The quantitative estimate of drug-likeness (QED) is 0.877. The van der Waals surface area contributed by atoms with Gasteiger partial charge in [-0.1, -0.05) is 12.1 Å². The molecule has 2 aliphatic rings. The van der Waals surface area contributed by atoms with Gasteiger partial charge in [0.25, 0.3) is 0 Å². The third-order valence-electron chi connectivity index (χ3n) is 5.55. The van der Waals surface area contributed by atoms with Gasteiger partial charge < -0.3 is 10.1 Å². The Balaban J connectivity index is 1.38. The maximum Gasteiger partial charge on any atom is 0.125 e. The molecule has 0 amide bonds. The number of pyridine rings is 2. The van der Waals surface area contributed by atoms with Crippen molar-refractivity contribution in [2.24, 2.45) is 5.41 Å². The van der Waals surface area contributed by atoms with Crippen molar-refractivity contribution in [3.05, 3.63) is 54.5 Å². The molecule has 1 N–H and O–H groups in total. The molecule has 0 spiro atoms. The molecule has 5 nitrogen and oxygen atoms in total. The Morgan fingerprint density at radius 1 is 1.16 bits per heavy atom. The molecule has 25 heavy (non-hydrogen) atoms. The number of piperidine rings is 1. The van der Waals surface area contributed by atoms with Gasteiger partial charge in [0, 0.05) is 50.6 Å². The van der Waals surface area contributed by atoms with E-state index in [1.54, 1.807) is 0 Å². The van der Waals surface area contributed by atoms with E-state index >= 15 is 0 Å². The van der Waals surface area contributed by atoms with Gasteiger partial charge in [0.05, 0.1) is 11.8 Å². The zero-order chi connectivity index (χ0) is 17.0. The Morgan fingerprint density at radius 3 is 2.84 bits per heavy atom. The fourth-order valence-electron chi connectivity index (χ4n) is 4.26. The molecule has 0 bridgehead atoms. The summed E-state index contributed by atoms with van der Waals surface area (Å²) < 4.78 is 6.08. The van der Waals surface area contributed by atoms with Crippen LogP contribution >= 0.6 is 0 Å². The largest absolute Gasteiger partial charge is 0.378 e. The number of likely N-dealkylation sites (tertiary alicyclic amines) is 1. The Morgan fingerprint density at radius 2 is 2.04 bits per heavy atom. The molecule has 2 aromatic heterocycles. The number of anilines is 1. The summed E-state index contributed by atoms with van der Waals surface area (Å²) >= 11 is 0. The van der Waals surface area contributed by atoms with Crippen LogP contribution in [0.5, 0.6) is 0 Å². The Labute approximate surface area is 149 Å². The summed E-state index contributed by atoms with van der Waals surface area (Å²) in [5.74, 6) is 0.954. The Hall–Kier alpha value is -1.98. The van der Waals surface area contributed by atoms with E-state index in [0.717, 1.165) is 63.6 Å². The van der Waals surface area contributed by atoms with Gasteiger partial charge in [0.1, 0.15) is 5.82 Å². The number of hydrogen-bond acceptors (Lipinski definition) is 5. The molecule has 2 atom stereocenters. The van der Waals surface area contributed by atoms with Crippen molar-refractivity contribution in [2.75, 3.05) is 31.6 Å². The van der Waals surface area contributed by atoms with E-state index in [1.807, 2.05) is 36.7 Å². The van der Waals surface area contributed by atoms with Crippen LogP contribution in [-0.4, -0.2) is 47.2 Å². The van der Waals surface area contributed by atoms with Crippen LogP contribution in [0.3, 0.4) is 0 Å². The number of nitrogens with one attached hydrogen (secondary N) is 1. The van der Waals surface area contributed by atoms with Gasteiger partial charge in [-0.05, 0) is 43.5 Å². The summed E-state index contributed by atoms with van der Waals surface area (Å²) in [7, 11) is 0. The average molecular weight is 338 g/mol. The monoisotopic (exact) mass is 338 g/mol. The summed E-state index contributed by atoms with van der Waals surface area (Å²) in [4.78, 5) is 11.4. The molecule has 5 heteroatoms. The van der Waals surface area contributed by atoms with Crippen molar-refractivity contribution in [1.29, 1.82) is 0 Å². The van der Waals surface area contributed by atoms with Gasteiger partial charge in [-0.3, -0.25) is 9.88 Å². The predicted molar refractivity (Wildman–Crippen MR) is 98.3 cm³/mol. The molecule has 2 aromatic rings. The van der Waals surface area contributed by atoms with Crippen LogP contribution in [0.15, 0.2) is 48.8 Å². The second-order valence-electron chi connectivity index (χ2n) is 7.18. The van der Waals surface area contributed by atoms with Gasteiger partial charge >= 0.3 is 0 Å². The molecule has 4 heterocycles. The number of ether oxygens (including phenoxy) is 1. The minimum Gasteiger partial charge on any atom is -0.378 e. The van der Waals surface area contributed by atoms with Crippen LogP contribution in [0.1, 0.15) is 25.0 Å². The number of rotatable bonds is 6. The average Bonchev–Trinajstić information content (AvgIpc) is 3.06. The topological polar surface area (TPSA) is 50.3 Å². The Bertz CT molecular complexity index is 666. The fraction of sp³-hybridized carbons (Fsp3) is 0.500. The van der Waals surface area contributed by atoms with Crippen LogP contribution in [0.2, 0.25) is 0 Å². The normalized spacial score (nSPS) is 26.3. The first kappa shape index (κ1) is 16.5. The molecule has 4 rings (SSSR count). The number of fused-ring (bicyclic) bond motifs is 1. The van der Waals surface area contributed by atoms with E-state index in [9.17, 15) is 0 Å². The number of nitrogens with zero attached hydrogens (tertiary/aromatic N) is 3. The highest BCUT2D eigenvalue weighted by Crippen LogP contribution is 2.43. The third-order valence-corrected chi connectivity index (χ3v) is 5.55. The SMILES string of the molecule is c1ccc(CN2CC[C@H]3OCC[C@@]3(CCNc3ccccn3)C2)nc1. The first-order valence-electron chi connectivity index (χ1n) is 9.23. The maximum atomic E-state index is 6.08. The van der Waals surface area contributed by atoms with E-state index in [0.29, 0.717) is 6.10 Å². The van der Waals surface area contributed by atoms with E-state index < -0.39 is 0 Å². The van der Waals surface area contributed by atoms with Crippen molar-refractivity contribution in [3.8, 4) is 0 Å². The highest BCUT2D eigenvalue weighted by Gasteiger charge is 2.47. The first-order chi connectivity index (χ1) is 12.3. The molecule has 0 aromatic carbocycles. The molecule has 2 saturated heterocycles. The van der Waals surface area contributed by atoms with Crippen LogP contribution in [0, 0.1) is 5.41 Å². The highest BCUT2D eigenvalue weighted by atomic mass is 16.5. The molecular formula is C20H26N4O. The van der Waals surface area contributed by atoms with Crippen LogP contribution < -0.4 is 5.32 Å². The number of aromatic nitrogens is 2. The molecule has 0 unspecified atom stereocenters. The molecular weight excluding hydrogens is 312 g/mol. The maximum absolute atomic E-state index is 6.08. The highest BCUT2D eigenvalue weighted by molar-refractivity contribution is 5.32. The lowest BCUT2D eigenvalue weighted by atomic mass is 9.74. The van der Waals surface area contributed by atoms with Gasteiger partial charge in [0.15, 0.2) is 0 Å². The van der Waals surface area contributed by atoms with Crippen molar-refractivity contribution in [2.45, 2.75) is 31.9 Å². The second kappa shape index (κ2) is 7.50. The molecule has 0 saturated carbocycles. The van der Waals surface area contributed by atoms with Crippen LogP contribution in [-0.2, 0) is 11.3 Å². The van der Waals surface area contributed by atoms with Gasteiger partial charge in [-0.25, -0.2) is 4.98 Å². The summed E-state index contributed by atoms with van der Waals surface area (Å²) in [5.41, 5.74) is 1.41. The van der Waals surface area contributed by atoms with Crippen LogP contribution in [0.25, 0.3) is 0 Å². The Kier molecular flexibility index (Phi) is 4.95. The molecule has 2 fully saturated rings. The fourth-order valence-corrected chi connectivity index (χ4v) is 4.26. The summed E-state index contributed by atoms with van der Waals surface area (Å²) in [6, 6.07) is 12.2. The number of hydrogen-bond donors (Lipinski definition) is 1. The van der Waals surface area contributed by atoms with E-state index in [-0.39, 0.29) is 5.41 Å². The minimum absolute atomic E-state index is 0.259. The van der Waals surface area contributed by atoms with Crippen molar-refractivity contribution >= 4 is 5.82 Å².